The van der Waals surface area contributed by atoms with Gasteiger partial charge in [0.15, 0.2) is 0 Å². The number of rotatable bonds is 2. The Morgan fingerprint density at radius 3 is 2.52 bits per heavy atom. The number of aromatic nitrogens is 2. The lowest BCUT2D eigenvalue weighted by Gasteiger charge is -2.28. The molecule has 0 atom stereocenters. The Hall–Kier alpha value is -2.78. The van der Waals surface area contributed by atoms with E-state index in [1.807, 2.05) is 20.8 Å². The third-order valence-electron chi connectivity index (χ3n) is 4.11. The third kappa shape index (κ3) is 4.15. The summed E-state index contributed by atoms with van der Waals surface area (Å²) in [6, 6.07) is 3.38. The van der Waals surface area contributed by atoms with E-state index in [4.69, 9.17) is 4.52 Å². The van der Waals surface area contributed by atoms with Crippen molar-refractivity contribution in [2.45, 2.75) is 38.8 Å². The second kappa shape index (κ2) is 6.75. The van der Waals surface area contributed by atoms with E-state index in [1.54, 1.807) is 6.07 Å². The first-order chi connectivity index (χ1) is 12.6. The number of hydrazine groups is 1. The first kappa shape index (κ1) is 19.0. The van der Waals surface area contributed by atoms with Crippen molar-refractivity contribution in [1.29, 1.82) is 0 Å². The number of hydrogen-bond acceptors (Lipinski definition) is 5. The van der Waals surface area contributed by atoms with E-state index in [0.29, 0.717) is 25.2 Å². The summed E-state index contributed by atoms with van der Waals surface area (Å²) in [6.07, 6.45) is -3.03. The molecule has 1 fully saturated rings. The lowest BCUT2D eigenvalue weighted by atomic mass is 9.92. The molecule has 1 N–H and O–H groups in total. The summed E-state index contributed by atoms with van der Waals surface area (Å²) in [5.41, 5.74) is -0.366. The van der Waals surface area contributed by atoms with Gasteiger partial charge in [-0.3, -0.25) is 10.3 Å². The summed E-state index contributed by atoms with van der Waals surface area (Å²) in [5.74, 6) is 0.473. The number of pyridine rings is 1. The molecule has 2 aromatic heterocycles. The van der Waals surface area contributed by atoms with Crippen LogP contribution in [0.2, 0.25) is 0 Å². The van der Waals surface area contributed by atoms with Crippen LogP contribution in [-0.4, -0.2) is 34.3 Å². The number of alkyl halides is 3. The molecular weight excluding hydrogens is 363 g/mol. The third-order valence-corrected chi connectivity index (χ3v) is 4.11. The van der Waals surface area contributed by atoms with Crippen molar-refractivity contribution in [1.82, 2.24) is 15.1 Å². The number of hydrogen-bond donors (Lipinski definition) is 1. The van der Waals surface area contributed by atoms with Gasteiger partial charge in [-0.1, -0.05) is 25.9 Å². The molecule has 1 aliphatic heterocycles. The van der Waals surface area contributed by atoms with E-state index in [0.717, 1.165) is 12.3 Å². The van der Waals surface area contributed by atoms with E-state index in [2.05, 4.69) is 15.5 Å². The number of anilines is 2. The molecule has 0 aliphatic carbocycles. The maximum Gasteiger partial charge on any atom is 0.417 e. The Bertz CT molecular complexity index is 811. The molecule has 0 spiro atoms. The maximum atomic E-state index is 12.7. The minimum atomic E-state index is -4.45. The normalized spacial score (nSPS) is 15.3. The van der Waals surface area contributed by atoms with Gasteiger partial charge in [0.25, 0.3) is 0 Å². The Morgan fingerprint density at radius 1 is 1.22 bits per heavy atom. The van der Waals surface area contributed by atoms with Gasteiger partial charge in [-0.05, 0) is 18.6 Å². The Kier molecular flexibility index (Phi) is 4.75. The average molecular weight is 383 g/mol. The Morgan fingerprint density at radius 2 is 1.96 bits per heavy atom. The van der Waals surface area contributed by atoms with Crippen LogP contribution < -0.4 is 10.3 Å². The molecule has 3 heterocycles. The molecule has 0 radical (unpaired) electrons. The number of carbonyl (C=O) groups excluding carboxylic acids is 1. The quantitative estimate of drug-likeness (QED) is 0.847. The van der Waals surface area contributed by atoms with Crippen molar-refractivity contribution >= 4 is 17.7 Å². The molecule has 2 aromatic rings. The molecule has 1 aliphatic rings. The van der Waals surface area contributed by atoms with Crippen molar-refractivity contribution in [3.63, 3.8) is 0 Å². The van der Waals surface area contributed by atoms with E-state index >= 15 is 0 Å². The molecule has 0 bridgehead atoms. The monoisotopic (exact) mass is 383 g/mol. The highest BCUT2D eigenvalue weighted by Crippen LogP contribution is 2.30. The molecule has 27 heavy (non-hydrogen) atoms. The van der Waals surface area contributed by atoms with Gasteiger partial charge in [-0.15, -0.1) is 0 Å². The number of urea groups is 1. The van der Waals surface area contributed by atoms with Crippen LogP contribution in [-0.2, 0) is 11.6 Å². The van der Waals surface area contributed by atoms with Crippen molar-refractivity contribution in [2.75, 3.05) is 23.4 Å². The molecule has 7 nitrogen and oxygen atoms in total. The van der Waals surface area contributed by atoms with Crippen LogP contribution in [0.5, 0.6) is 0 Å². The topological polar surface area (TPSA) is 74.5 Å². The first-order valence-corrected chi connectivity index (χ1v) is 8.42. The van der Waals surface area contributed by atoms with E-state index in [9.17, 15) is 18.0 Å². The fourth-order valence-electron chi connectivity index (χ4n) is 2.62. The smallest absolute Gasteiger partial charge is 0.338 e. The van der Waals surface area contributed by atoms with Crippen LogP contribution in [0, 0.1) is 0 Å². The molecule has 3 rings (SSSR count). The zero-order chi connectivity index (χ0) is 19.8. The molecule has 1 saturated heterocycles. The summed E-state index contributed by atoms with van der Waals surface area (Å²) >= 11 is 0. The fraction of sp³-hybridized carbons (Fsp3) is 0.471. The summed E-state index contributed by atoms with van der Waals surface area (Å²) in [6.45, 7) is 6.78. The summed E-state index contributed by atoms with van der Waals surface area (Å²) in [7, 11) is 0. The SMILES string of the molecule is CC(C)(C)c1cc(NC(=O)N2CCCN2c2ccc(C(F)(F)F)cn2)on1. The fourth-order valence-corrected chi connectivity index (χ4v) is 2.62. The van der Waals surface area contributed by atoms with Gasteiger partial charge < -0.3 is 4.52 Å². The molecule has 0 unspecified atom stereocenters. The van der Waals surface area contributed by atoms with Crippen molar-refractivity contribution in [2.24, 2.45) is 0 Å². The van der Waals surface area contributed by atoms with Gasteiger partial charge >= 0.3 is 12.2 Å². The zero-order valence-corrected chi connectivity index (χ0v) is 15.2. The second-order valence-electron chi connectivity index (χ2n) is 7.26. The number of amides is 2. The first-order valence-electron chi connectivity index (χ1n) is 8.42. The lowest BCUT2D eigenvalue weighted by Crippen LogP contribution is -2.44. The highest BCUT2D eigenvalue weighted by Gasteiger charge is 2.33. The highest BCUT2D eigenvalue weighted by molar-refractivity contribution is 5.89. The zero-order valence-electron chi connectivity index (χ0n) is 15.2. The second-order valence-corrected chi connectivity index (χ2v) is 7.26. The van der Waals surface area contributed by atoms with Crippen molar-refractivity contribution in [3.8, 4) is 0 Å². The van der Waals surface area contributed by atoms with E-state index in [1.165, 1.54) is 16.1 Å². The van der Waals surface area contributed by atoms with Crippen molar-refractivity contribution in [3.05, 3.63) is 35.7 Å². The van der Waals surface area contributed by atoms with Gasteiger partial charge in [-0.25, -0.2) is 14.8 Å². The van der Waals surface area contributed by atoms with Gasteiger partial charge in [0, 0.05) is 30.8 Å². The predicted octanol–water partition coefficient (Wildman–Crippen LogP) is 4.05. The van der Waals surface area contributed by atoms with E-state index in [-0.39, 0.29) is 17.1 Å². The minimum absolute atomic E-state index is 0.206. The standard InChI is InChI=1S/C17H20F3N5O2/c1-16(2,3)12-9-14(27-23-12)22-15(26)25-8-4-7-24(25)13-6-5-11(10-21-13)17(18,19)20/h5-6,9-10H,4,7-8H2,1-3H3,(H,22,26). The Balaban J connectivity index is 1.72. The van der Waals surface area contributed by atoms with E-state index < -0.39 is 17.8 Å². The molecule has 0 aromatic carbocycles. The van der Waals surface area contributed by atoms with Gasteiger partial charge in [-0.2, -0.15) is 13.2 Å². The summed E-state index contributed by atoms with van der Waals surface area (Å²) < 4.78 is 43.2. The molecule has 10 heteroatoms. The number of nitrogens with one attached hydrogen (secondary N) is 1. The van der Waals surface area contributed by atoms with Crippen LogP contribution >= 0.6 is 0 Å². The van der Waals surface area contributed by atoms with Crippen LogP contribution in [0.15, 0.2) is 28.9 Å². The van der Waals surface area contributed by atoms with Crippen LogP contribution in [0.25, 0.3) is 0 Å². The van der Waals surface area contributed by atoms with Gasteiger partial charge in [0.05, 0.1) is 11.3 Å². The largest absolute Gasteiger partial charge is 0.417 e. The predicted molar refractivity (Wildman–Crippen MR) is 92.1 cm³/mol. The van der Waals surface area contributed by atoms with Crippen LogP contribution in [0.4, 0.5) is 29.7 Å². The molecule has 2 amide bonds. The number of halogens is 3. The average Bonchev–Trinajstić information content (AvgIpc) is 3.22. The minimum Gasteiger partial charge on any atom is -0.338 e. The van der Waals surface area contributed by atoms with Crippen LogP contribution in [0.1, 0.15) is 38.4 Å². The van der Waals surface area contributed by atoms with Gasteiger partial charge in [0.2, 0.25) is 5.88 Å². The maximum absolute atomic E-state index is 12.7. The molecular formula is C17H20F3N5O2. The lowest BCUT2D eigenvalue weighted by molar-refractivity contribution is -0.137. The van der Waals surface area contributed by atoms with Gasteiger partial charge in [0.1, 0.15) is 5.82 Å². The van der Waals surface area contributed by atoms with Crippen molar-refractivity contribution < 1.29 is 22.5 Å². The highest BCUT2D eigenvalue weighted by atomic mass is 19.4. The number of nitrogens with zero attached hydrogens (tertiary/aromatic N) is 4. The Labute approximate surface area is 154 Å². The van der Waals surface area contributed by atoms with Crippen LogP contribution in [0.3, 0.4) is 0 Å². The summed E-state index contributed by atoms with van der Waals surface area (Å²) in [5, 5.41) is 9.48. The molecule has 0 saturated carbocycles. The number of carbonyl (C=O) groups is 1. The summed E-state index contributed by atoms with van der Waals surface area (Å²) in [4.78, 5) is 16.4. The molecule has 146 valence electrons.